The van der Waals surface area contributed by atoms with Gasteiger partial charge >= 0.3 is 6.09 Å². The summed E-state index contributed by atoms with van der Waals surface area (Å²) in [7, 11) is 1.30. The Morgan fingerprint density at radius 2 is 2.00 bits per heavy atom. The van der Waals surface area contributed by atoms with E-state index in [4.69, 9.17) is 16.6 Å². The Labute approximate surface area is 238 Å². The number of rotatable bonds is 8. The zero-order valence-electron chi connectivity index (χ0n) is 21.8. The quantitative estimate of drug-likeness (QED) is 0.190. The monoisotopic (exact) mass is 574 g/mol. The third kappa shape index (κ3) is 5.46. The third-order valence-corrected chi connectivity index (χ3v) is 7.36. The number of ether oxygens (including phenoxy) is 1. The zero-order valence-corrected chi connectivity index (χ0v) is 22.5. The Bertz CT molecular complexity index is 1700. The summed E-state index contributed by atoms with van der Waals surface area (Å²) in [6.07, 6.45) is 6.87. The van der Waals surface area contributed by atoms with Gasteiger partial charge in [-0.05, 0) is 53.1 Å². The number of methoxy groups -OCH3 is 1. The molecule has 5 aromatic rings. The molecular weight excluding hydrogens is 551 g/mol. The van der Waals surface area contributed by atoms with Gasteiger partial charge in [-0.1, -0.05) is 36.6 Å². The molecule has 3 aromatic heterocycles. The predicted molar refractivity (Wildman–Crippen MR) is 148 cm³/mol. The minimum absolute atomic E-state index is 0.0813. The summed E-state index contributed by atoms with van der Waals surface area (Å²) in [6, 6.07) is 13.6. The number of nitrogens with zero attached hydrogens (tertiary/aromatic N) is 6. The number of anilines is 1. The highest BCUT2D eigenvalue weighted by Crippen LogP contribution is 2.41. The van der Waals surface area contributed by atoms with Crippen molar-refractivity contribution in [2.24, 2.45) is 5.92 Å². The molecule has 1 amide bonds. The van der Waals surface area contributed by atoms with Crippen LogP contribution >= 0.6 is 11.6 Å². The Morgan fingerprint density at radius 1 is 1.22 bits per heavy atom. The number of tetrazole rings is 1. The summed E-state index contributed by atoms with van der Waals surface area (Å²) >= 11 is 6.10. The van der Waals surface area contributed by atoms with Crippen molar-refractivity contribution in [2.45, 2.75) is 25.2 Å². The lowest BCUT2D eigenvalue weighted by Gasteiger charge is -2.16. The van der Waals surface area contributed by atoms with Crippen LogP contribution in [0.5, 0.6) is 0 Å². The Hall–Kier alpha value is -4.84. The van der Waals surface area contributed by atoms with E-state index in [2.05, 4.69) is 30.6 Å². The van der Waals surface area contributed by atoms with Gasteiger partial charge in [-0.25, -0.2) is 14.2 Å². The van der Waals surface area contributed by atoms with E-state index in [1.54, 1.807) is 36.5 Å². The number of carbonyl (C=O) groups excluding carboxylic acids is 1. The number of amides is 1. The fourth-order valence-electron chi connectivity index (χ4n) is 4.80. The summed E-state index contributed by atoms with van der Waals surface area (Å²) in [6.45, 7) is 0. The summed E-state index contributed by atoms with van der Waals surface area (Å²) in [5, 5.41) is 27.1. The van der Waals surface area contributed by atoms with Crippen LogP contribution in [0, 0.1) is 16.9 Å². The van der Waals surface area contributed by atoms with Crippen molar-refractivity contribution in [3.63, 3.8) is 0 Å². The van der Waals surface area contributed by atoms with E-state index < -0.39 is 11.9 Å². The zero-order chi connectivity index (χ0) is 28.5. The number of imidazole rings is 1. The second kappa shape index (κ2) is 11.0. The lowest BCUT2D eigenvalue weighted by Crippen LogP contribution is -2.34. The van der Waals surface area contributed by atoms with Gasteiger partial charge in [0.15, 0.2) is 12.0 Å². The maximum absolute atomic E-state index is 15.3. The average molecular weight is 575 g/mol. The van der Waals surface area contributed by atoms with E-state index in [1.165, 1.54) is 30.4 Å². The van der Waals surface area contributed by atoms with Crippen LogP contribution in [0.3, 0.4) is 0 Å². The van der Waals surface area contributed by atoms with Crippen LogP contribution in [0.15, 0.2) is 67.3 Å². The molecule has 2 aromatic carbocycles. The summed E-state index contributed by atoms with van der Waals surface area (Å²) < 4.78 is 22.0. The molecule has 1 aliphatic rings. The molecule has 1 aliphatic carbocycles. The van der Waals surface area contributed by atoms with Gasteiger partial charge in [-0.3, -0.25) is 5.32 Å². The van der Waals surface area contributed by atoms with E-state index in [0.29, 0.717) is 40.1 Å². The Morgan fingerprint density at radius 3 is 2.68 bits per heavy atom. The molecule has 1 fully saturated rings. The van der Waals surface area contributed by atoms with Crippen molar-refractivity contribution >= 4 is 23.4 Å². The van der Waals surface area contributed by atoms with Crippen LogP contribution in [0.1, 0.15) is 36.7 Å². The predicted octanol–water partition coefficient (Wildman–Crippen LogP) is 5.26. The number of aromatic amines is 1. The second-order valence-corrected chi connectivity index (χ2v) is 10.2. The molecule has 3 heterocycles. The van der Waals surface area contributed by atoms with Gasteiger partial charge in [0.1, 0.15) is 18.1 Å². The van der Waals surface area contributed by atoms with Crippen molar-refractivity contribution in [2.75, 3.05) is 12.4 Å². The van der Waals surface area contributed by atoms with E-state index in [0.717, 1.165) is 29.6 Å². The maximum atomic E-state index is 15.3. The molecule has 41 heavy (non-hydrogen) atoms. The standard InChI is InChI=1S/C28H24ClFN8O3/c1-41-28(39)33-19-7-4-17(5-8-19)22-13-31-27(34-22)20(12-16-2-3-16)23-10-6-18(14-38(23)40)25-24(37-15-32-35-36-37)11-9-21(29)26(25)30/h4-11,13-16,20H,2-3,12H2,1H3,(H,31,34)(H,33,39). The molecule has 1 unspecified atom stereocenters. The van der Waals surface area contributed by atoms with Crippen LogP contribution in [0.25, 0.3) is 28.1 Å². The minimum atomic E-state index is -0.676. The molecule has 0 aliphatic heterocycles. The highest BCUT2D eigenvalue weighted by molar-refractivity contribution is 6.31. The van der Waals surface area contributed by atoms with E-state index in [1.807, 2.05) is 12.1 Å². The summed E-state index contributed by atoms with van der Waals surface area (Å²) in [5.74, 6) is 0.176. The highest BCUT2D eigenvalue weighted by atomic mass is 35.5. The maximum Gasteiger partial charge on any atom is 0.411 e. The van der Waals surface area contributed by atoms with Crippen LogP contribution in [0.4, 0.5) is 14.9 Å². The van der Waals surface area contributed by atoms with Gasteiger partial charge in [0.05, 0.1) is 34.6 Å². The Kier molecular flexibility index (Phi) is 7.06. The first-order valence-corrected chi connectivity index (χ1v) is 13.2. The van der Waals surface area contributed by atoms with E-state index in [-0.39, 0.29) is 16.5 Å². The van der Waals surface area contributed by atoms with Crippen molar-refractivity contribution in [1.82, 2.24) is 30.2 Å². The topological polar surface area (TPSA) is 138 Å². The summed E-state index contributed by atoms with van der Waals surface area (Å²) in [4.78, 5) is 19.5. The fourth-order valence-corrected chi connectivity index (χ4v) is 4.96. The smallest absolute Gasteiger partial charge is 0.411 e. The highest BCUT2D eigenvalue weighted by Gasteiger charge is 2.33. The lowest BCUT2D eigenvalue weighted by atomic mass is 9.95. The Balaban J connectivity index is 1.33. The van der Waals surface area contributed by atoms with Gasteiger partial charge < -0.3 is 14.9 Å². The molecule has 1 saturated carbocycles. The summed E-state index contributed by atoms with van der Waals surface area (Å²) in [5.41, 5.74) is 3.42. The molecule has 1 atom stereocenters. The third-order valence-electron chi connectivity index (χ3n) is 7.07. The molecule has 6 rings (SSSR count). The largest absolute Gasteiger partial charge is 0.618 e. The van der Waals surface area contributed by atoms with Crippen LogP contribution < -0.4 is 10.0 Å². The number of benzene rings is 2. The first-order valence-electron chi connectivity index (χ1n) is 12.9. The fraction of sp³-hybridized carbons (Fsp3) is 0.214. The molecule has 0 spiro atoms. The second-order valence-electron chi connectivity index (χ2n) is 9.77. The van der Waals surface area contributed by atoms with Crippen LogP contribution in [-0.2, 0) is 4.74 Å². The molecule has 11 nitrogen and oxygen atoms in total. The minimum Gasteiger partial charge on any atom is -0.618 e. The number of aromatic nitrogens is 7. The molecular formula is C28H24ClFN8O3. The molecule has 0 saturated heterocycles. The number of hydrogen-bond acceptors (Lipinski definition) is 7. The number of pyridine rings is 1. The number of H-pyrrole nitrogens is 1. The van der Waals surface area contributed by atoms with Crippen LogP contribution in [-0.4, -0.2) is 43.4 Å². The first-order chi connectivity index (χ1) is 19.9. The van der Waals surface area contributed by atoms with Gasteiger partial charge in [0.2, 0.25) is 5.69 Å². The molecule has 0 radical (unpaired) electrons. The average Bonchev–Trinajstić information content (AvgIpc) is 3.41. The van der Waals surface area contributed by atoms with Gasteiger partial charge in [-0.15, -0.1) is 5.10 Å². The number of hydrogen-bond donors (Lipinski definition) is 2. The SMILES string of the molecule is COC(=O)Nc1ccc(-c2c[nH]c(C(CC3CC3)c3ccc(-c4c(-n5cnnn5)ccc(Cl)c4F)c[n+]3[O-])n2)cc1. The van der Waals surface area contributed by atoms with Crippen molar-refractivity contribution < 1.29 is 18.7 Å². The molecule has 208 valence electrons. The van der Waals surface area contributed by atoms with Gasteiger partial charge in [-0.2, -0.15) is 9.41 Å². The van der Waals surface area contributed by atoms with Crippen molar-refractivity contribution in [1.29, 1.82) is 0 Å². The van der Waals surface area contributed by atoms with Gasteiger partial charge in [0, 0.05) is 23.5 Å². The number of halogens is 2. The number of nitrogens with one attached hydrogen (secondary N) is 2. The first kappa shape index (κ1) is 26.4. The number of carbonyl (C=O) groups is 1. The van der Waals surface area contributed by atoms with Gasteiger partial charge in [0.25, 0.3) is 0 Å². The molecule has 13 heteroatoms. The lowest BCUT2D eigenvalue weighted by molar-refractivity contribution is -0.614. The molecule has 0 bridgehead atoms. The normalized spacial score (nSPS) is 13.6. The van der Waals surface area contributed by atoms with E-state index >= 15 is 4.39 Å². The van der Waals surface area contributed by atoms with E-state index in [9.17, 15) is 10.0 Å². The van der Waals surface area contributed by atoms with Crippen molar-refractivity contribution in [3.05, 3.63) is 94.8 Å². The van der Waals surface area contributed by atoms with Crippen LogP contribution in [0.2, 0.25) is 5.02 Å². The van der Waals surface area contributed by atoms with Crippen molar-refractivity contribution in [3.8, 4) is 28.1 Å². The molecule has 2 N–H and O–H groups in total.